The molecule has 0 radical (unpaired) electrons. The van der Waals surface area contributed by atoms with E-state index in [0.29, 0.717) is 0 Å². The molecule has 0 saturated carbocycles. The average molecular weight is 417 g/mol. The molecule has 1 aromatic carbocycles. The monoisotopic (exact) mass is 416 g/mol. The van der Waals surface area contributed by atoms with Crippen molar-refractivity contribution in [1.29, 1.82) is 0 Å². The van der Waals surface area contributed by atoms with Crippen molar-refractivity contribution in [1.82, 2.24) is 15.1 Å². The predicted molar refractivity (Wildman–Crippen MR) is 123 cm³/mol. The van der Waals surface area contributed by atoms with Crippen molar-refractivity contribution < 1.29 is 4.74 Å². The topological polar surface area (TPSA) is 40.1 Å². The van der Waals surface area contributed by atoms with Gasteiger partial charge in [-0.2, -0.15) is 11.8 Å². The number of rotatable bonds is 5. The van der Waals surface area contributed by atoms with Crippen LogP contribution in [0.4, 0.5) is 0 Å². The molecule has 0 spiro atoms. The number of thioether (sulfide) groups is 1. The molecule has 5 nitrogen and oxygen atoms in total. The first-order valence-corrected chi connectivity index (χ1v) is 12.3. The number of morpholine rings is 1. The number of guanidine groups is 1. The molecule has 160 valence electrons. The zero-order valence-corrected chi connectivity index (χ0v) is 18.6. The van der Waals surface area contributed by atoms with Crippen LogP contribution in [0.5, 0.6) is 0 Å². The molecule has 1 aromatic rings. The number of piperidine rings is 1. The van der Waals surface area contributed by atoms with Crippen molar-refractivity contribution in [2.75, 3.05) is 64.5 Å². The molecule has 4 rings (SSSR count). The molecule has 3 saturated heterocycles. The lowest BCUT2D eigenvalue weighted by Crippen LogP contribution is -2.60. The first-order chi connectivity index (χ1) is 14.3. The molecule has 29 heavy (non-hydrogen) atoms. The van der Waals surface area contributed by atoms with Gasteiger partial charge in [-0.3, -0.25) is 9.89 Å². The maximum absolute atomic E-state index is 5.60. The van der Waals surface area contributed by atoms with Crippen LogP contribution in [0.2, 0.25) is 0 Å². The van der Waals surface area contributed by atoms with Crippen LogP contribution < -0.4 is 5.32 Å². The molecule has 3 heterocycles. The smallest absolute Gasteiger partial charge is 0.193 e. The third-order valence-electron chi connectivity index (χ3n) is 6.83. The third kappa shape index (κ3) is 5.28. The van der Waals surface area contributed by atoms with Gasteiger partial charge in [0.1, 0.15) is 0 Å². The molecule has 1 unspecified atom stereocenters. The first-order valence-electron chi connectivity index (χ1n) is 11.2. The van der Waals surface area contributed by atoms with E-state index < -0.39 is 0 Å². The Labute approximate surface area is 180 Å². The summed E-state index contributed by atoms with van der Waals surface area (Å²) >= 11 is 2.09. The van der Waals surface area contributed by atoms with Crippen LogP contribution in [-0.2, 0) is 11.2 Å². The number of ether oxygens (including phenoxy) is 1. The lowest BCUT2D eigenvalue weighted by molar-refractivity contribution is -0.0122. The Morgan fingerprint density at radius 3 is 2.59 bits per heavy atom. The van der Waals surface area contributed by atoms with Gasteiger partial charge in [0.15, 0.2) is 5.96 Å². The van der Waals surface area contributed by atoms with Gasteiger partial charge in [0.2, 0.25) is 0 Å². The zero-order valence-electron chi connectivity index (χ0n) is 17.8. The highest BCUT2D eigenvalue weighted by atomic mass is 32.2. The van der Waals surface area contributed by atoms with E-state index in [-0.39, 0.29) is 5.54 Å². The van der Waals surface area contributed by atoms with Gasteiger partial charge in [0.25, 0.3) is 0 Å². The summed E-state index contributed by atoms with van der Waals surface area (Å²) in [5.41, 5.74) is 1.73. The summed E-state index contributed by atoms with van der Waals surface area (Å²) in [6.07, 6.45) is 4.97. The third-order valence-corrected chi connectivity index (χ3v) is 8.07. The largest absolute Gasteiger partial charge is 0.379 e. The molecule has 0 aliphatic carbocycles. The Hall–Kier alpha value is -1.24. The molecule has 1 atom stereocenters. The van der Waals surface area contributed by atoms with Crippen LogP contribution in [0, 0.1) is 5.92 Å². The second kappa shape index (κ2) is 10.2. The van der Waals surface area contributed by atoms with E-state index in [1.165, 1.54) is 42.8 Å². The maximum atomic E-state index is 5.60. The minimum absolute atomic E-state index is 0.260. The van der Waals surface area contributed by atoms with Crippen LogP contribution in [0.3, 0.4) is 0 Å². The zero-order chi connectivity index (χ0) is 19.9. The SMILES string of the molecule is CN=C(NCC1(N2CCOCC2)CCSC1)N1CCC(Cc2ccccc2)CC1. The Bertz CT molecular complexity index is 648. The molecule has 6 heteroatoms. The van der Waals surface area contributed by atoms with Crippen molar-refractivity contribution in [2.45, 2.75) is 31.2 Å². The van der Waals surface area contributed by atoms with E-state index in [4.69, 9.17) is 4.74 Å². The second-order valence-corrected chi connectivity index (χ2v) is 9.75. The summed E-state index contributed by atoms with van der Waals surface area (Å²) in [6, 6.07) is 10.9. The lowest BCUT2D eigenvalue weighted by atomic mass is 9.90. The van der Waals surface area contributed by atoms with Gasteiger partial charge in [-0.25, -0.2) is 0 Å². The number of benzene rings is 1. The normalized spacial score (nSPS) is 27.3. The van der Waals surface area contributed by atoms with Crippen LogP contribution >= 0.6 is 11.8 Å². The fourth-order valence-electron chi connectivity index (χ4n) is 5.01. The first kappa shape index (κ1) is 21.0. The Balaban J connectivity index is 1.29. The van der Waals surface area contributed by atoms with Gasteiger partial charge in [-0.15, -0.1) is 0 Å². The molecular formula is C23H36N4OS. The molecule has 3 aliphatic rings. The van der Waals surface area contributed by atoms with Crippen molar-refractivity contribution >= 4 is 17.7 Å². The van der Waals surface area contributed by atoms with Crippen LogP contribution in [0.25, 0.3) is 0 Å². The van der Waals surface area contributed by atoms with E-state index >= 15 is 0 Å². The summed E-state index contributed by atoms with van der Waals surface area (Å²) in [4.78, 5) is 9.78. The summed E-state index contributed by atoms with van der Waals surface area (Å²) < 4.78 is 5.60. The fourth-order valence-corrected chi connectivity index (χ4v) is 6.48. The number of hydrogen-bond donors (Lipinski definition) is 1. The van der Waals surface area contributed by atoms with E-state index in [0.717, 1.165) is 57.8 Å². The highest BCUT2D eigenvalue weighted by molar-refractivity contribution is 7.99. The minimum Gasteiger partial charge on any atom is -0.379 e. The summed E-state index contributed by atoms with van der Waals surface area (Å²) in [5.74, 6) is 4.36. The van der Waals surface area contributed by atoms with Gasteiger partial charge in [0, 0.05) is 51.1 Å². The number of nitrogens with one attached hydrogen (secondary N) is 1. The average Bonchev–Trinajstić information content (AvgIpc) is 3.27. The standard InChI is InChI=1S/C23H36N4OS/c1-24-22(25-18-23(9-16-29-19-23)27-12-14-28-15-13-27)26-10-7-21(8-11-26)17-20-5-3-2-4-6-20/h2-6,21H,7-19H2,1H3,(H,24,25). The Morgan fingerprint density at radius 1 is 1.17 bits per heavy atom. The second-order valence-electron chi connectivity index (χ2n) is 8.65. The quantitative estimate of drug-likeness (QED) is 0.590. The van der Waals surface area contributed by atoms with E-state index in [1.807, 2.05) is 7.05 Å². The molecule has 0 bridgehead atoms. The van der Waals surface area contributed by atoms with Gasteiger partial charge in [-0.05, 0) is 42.9 Å². The Kier molecular flexibility index (Phi) is 7.38. The molecular weight excluding hydrogens is 380 g/mol. The minimum atomic E-state index is 0.260. The molecule has 0 amide bonds. The fraction of sp³-hybridized carbons (Fsp3) is 0.696. The van der Waals surface area contributed by atoms with E-state index in [9.17, 15) is 0 Å². The molecule has 1 N–H and O–H groups in total. The van der Waals surface area contributed by atoms with Crippen LogP contribution in [0.15, 0.2) is 35.3 Å². The number of aliphatic imine (C=N–C) groups is 1. The van der Waals surface area contributed by atoms with Gasteiger partial charge >= 0.3 is 0 Å². The lowest BCUT2D eigenvalue weighted by Gasteiger charge is -2.44. The summed E-state index contributed by atoms with van der Waals surface area (Å²) in [6.45, 7) is 7.08. The van der Waals surface area contributed by atoms with Crippen LogP contribution in [-0.4, -0.2) is 85.8 Å². The van der Waals surface area contributed by atoms with Gasteiger partial charge < -0.3 is 15.0 Å². The maximum Gasteiger partial charge on any atom is 0.193 e. The van der Waals surface area contributed by atoms with Gasteiger partial charge in [-0.1, -0.05) is 30.3 Å². The Morgan fingerprint density at radius 2 is 1.93 bits per heavy atom. The van der Waals surface area contributed by atoms with Crippen molar-refractivity contribution in [3.8, 4) is 0 Å². The molecule has 3 aliphatic heterocycles. The highest BCUT2D eigenvalue weighted by Crippen LogP contribution is 2.33. The summed E-state index contributed by atoms with van der Waals surface area (Å²) in [5, 5.41) is 3.76. The molecule has 0 aromatic heterocycles. The predicted octanol–water partition coefficient (Wildman–Crippen LogP) is 2.72. The van der Waals surface area contributed by atoms with Gasteiger partial charge in [0.05, 0.1) is 13.2 Å². The van der Waals surface area contributed by atoms with Crippen molar-refractivity contribution in [2.24, 2.45) is 10.9 Å². The highest BCUT2D eigenvalue weighted by Gasteiger charge is 2.41. The van der Waals surface area contributed by atoms with E-state index in [1.54, 1.807) is 0 Å². The van der Waals surface area contributed by atoms with Crippen molar-refractivity contribution in [3.63, 3.8) is 0 Å². The molecule has 3 fully saturated rings. The van der Waals surface area contributed by atoms with E-state index in [2.05, 4.69) is 62.2 Å². The van der Waals surface area contributed by atoms with Crippen molar-refractivity contribution in [3.05, 3.63) is 35.9 Å². The van der Waals surface area contributed by atoms with Crippen LogP contribution in [0.1, 0.15) is 24.8 Å². The number of likely N-dealkylation sites (tertiary alicyclic amines) is 1. The number of nitrogens with zero attached hydrogens (tertiary/aromatic N) is 3. The number of hydrogen-bond acceptors (Lipinski definition) is 4. The summed E-state index contributed by atoms with van der Waals surface area (Å²) in [7, 11) is 1.93.